The first-order valence-electron chi connectivity index (χ1n) is 8.87. The van der Waals surface area contributed by atoms with Crippen LogP contribution in [-0.4, -0.2) is 41.5 Å². The number of amides is 1. The molecule has 2 rings (SSSR count). The van der Waals surface area contributed by atoms with Crippen molar-refractivity contribution in [3.05, 3.63) is 42.1 Å². The highest BCUT2D eigenvalue weighted by Crippen LogP contribution is 2.41. The zero-order valence-electron chi connectivity index (χ0n) is 15.7. The Kier molecular flexibility index (Phi) is 6.55. The van der Waals surface area contributed by atoms with Gasteiger partial charge in [0.1, 0.15) is 11.4 Å². The molecule has 0 bridgehead atoms. The smallest absolute Gasteiger partial charge is 0.271 e. The molecule has 140 valence electrons. The van der Waals surface area contributed by atoms with Crippen molar-refractivity contribution in [2.45, 2.75) is 45.6 Å². The summed E-state index contributed by atoms with van der Waals surface area (Å²) in [7, 11) is 0. The van der Waals surface area contributed by atoms with Gasteiger partial charge >= 0.3 is 0 Å². The van der Waals surface area contributed by atoms with Gasteiger partial charge in [-0.15, -0.1) is 0 Å². The van der Waals surface area contributed by atoms with Crippen LogP contribution in [0.1, 0.15) is 39.2 Å². The molecule has 6 nitrogen and oxygen atoms in total. The maximum absolute atomic E-state index is 12.8. The maximum atomic E-state index is 12.8. The van der Waals surface area contributed by atoms with Crippen molar-refractivity contribution in [1.82, 2.24) is 10.3 Å². The molecule has 26 heavy (non-hydrogen) atoms. The molecule has 0 heterocycles. The lowest BCUT2D eigenvalue weighted by Gasteiger charge is -2.30. The zero-order valence-corrected chi connectivity index (χ0v) is 15.7. The molecular weight excluding hydrogens is 330 g/mol. The molecule has 0 atom stereocenters. The summed E-state index contributed by atoms with van der Waals surface area (Å²) < 4.78 is 5.45. The summed E-state index contributed by atoms with van der Waals surface area (Å²) in [5, 5.41) is 3.83. The molecule has 1 saturated carbocycles. The molecule has 1 fully saturated rings. The number of rotatable bonds is 10. The molecule has 1 aromatic carbocycles. The van der Waals surface area contributed by atoms with Crippen LogP contribution in [0.5, 0.6) is 5.75 Å². The third-order valence-electron chi connectivity index (χ3n) is 4.52. The van der Waals surface area contributed by atoms with E-state index < -0.39 is 0 Å². The molecule has 0 radical (unpaired) electrons. The molecule has 1 amide bonds. The van der Waals surface area contributed by atoms with Crippen molar-refractivity contribution in [3.8, 4) is 5.75 Å². The monoisotopic (exact) mass is 357 g/mol. The van der Waals surface area contributed by atoms with E-state index in [-0.39, 0.29) is 22.9 Å². The van der Waals surface area contributed by atoms with Crippen molar-refractivity contribution < 1.29 is 14.3 Å². The van der Waals surface area contributed by atoms with E-state index in [1.165, 1.54) is 0 Å². The van der Waals surface area contributed by atoms with Gasteiger partial charge in [-0.05, 0) is 57.7 Å². The summed E-state index contributed by atoms with van der Waals surface area (Å²) in [5.74, 6) is 0.665. The Morgan fingerprint density at radius 3 is 2.58 bits per heavy atom. The zero-order chi connectivity index (χ0) is 19.2. The highest BCUT2D eigenvalue weighted by atomic mass is 16.5. The number of aldehydes is 1. The van der Waals surface area contributed by atoms with Crippen LogP contribution >= 0.6 is 0 Å². The molecule has 0 saturated heterocycles. The Morgan fingerprint density at radius 1 is 1.38 bits per heavy atom. The number of carbonyl (C=O) groups excluding carboxylic acids is 2. The number of nitrogens with one attached hydrogen (secondary N) is 1. The van der Waals surface area contributed by atoms with Crippen molar-refractivity contribution in [2.75, 3.05) is 13.2 Å². The second kappa shape index (κ2) is 8.65. The molecule has 1 N–H and O–H groups in total. The van der Waals surface area contributed by atoms with E-state index in [1.807, 2.05) is 36.1 Å². The number of nitrogens with zero attached hydrogens (tertiary/aromatic N) is 2. The standard InChI is InChI=1S/C20H27N3O3/c1-5-26-18-8-6-17(7-9-18)10-13-23(20(4)11-12-20)19(25)16(3)22-21-15(2)14-24/h6-9,14,22H,3,5,10-13H2,1-2,4H3/b21-15+. The Labute approximate surface area is 154 Å². The fraction of sp³-hybridized carbons (Fsp3) is 0.450. The van der Waals surface area contributed by atoms with Gasteiger partial charge in [0.15, 0.2) is 6.29 Å². The minimum absolute atomic E-state index is 0.129. The van der Waals surface area contributed by atoms with E-state index in [0.717, 1.165) is 30.6 Å². The third kappa shape index (κ3) is 5.18. The number of carbonyl (C=O) groups is 2. The fourth-order valence-electron chi connectivity index (χ4n) is 2.62. The summed E-state index contributed by atoms with van der Waals surface area (Å²) in [4.78, 5) is 25.2. The lowest BCUT2D eigenvalue weighted by molar-refractivity contribution is -0.130. The van der Waals surface area contributed by atoms with Crippen LogP contribution in [0.4, 0.5) is 0 Å². The first-order valence-corrected chi connectivity index (χ1v) is 8.87. The lowest BCUT2D eigenvalue weighted by Crippen LogP contribution is -2.44. The molecule has 0 unspecified atom stereocenters. The highest BCUT2D eigenvalue weighted by molar-refractivity contribution is 6.26. The van der Waals surface area contributed by atoms with E-state index in [4.69, 9.17) is 4.74 Å². The number of ether oxygens (including phenoxy) is 1. The summed E-state index contributed by atoms with van der Waals surface area (Å²) >= 11 is 0. The van der Waals surface area contributed by atoms with E-state index in [0.29, 0.717) is 19.4 Å². The van der Waals surface area contributed by atoms with Gasteiger partial charge in [-0.25, -0.2) is 0 Å². The van der Waals surface area contributed by atoms with Crippen molar-refractivity contribution in [2.24, 2.45) is 5.10 Å². The predicted octanol–water partition coefficient (Wildman–Crippen LogP) is 2.69. The van der Waals surface area contributed by atoms with Gasteiger partial charge < -0.3 is 9.64 Å². The topological polar surface area (TPSA) is 71.0 Å². The summed E-state index contributed by atoms with van der Waals surface area (Å²) in [6.07, 6.45) is 3.33. The van der Waals surface area contributed by atoms with E-state index in [2.05, 4.69) is 24.0 Å². The van der Waals surface area contributed by atoms with Gasteiger partial charge in [0.25, 0.3) is 5.91 Å². The van der Waals surface area contributed by atoms with Crippen molar-refractivity contribution in [1.29, 1.82) is 0 Å². The average Bonchev–Trinajstić information content (AvgIpc) is 3.39. The predicted molar refractivity (Wildman–Crippen MR) is 102 cm³/mol. The normalized spacial score (nSPS) is 15.1. The Bertz CT molecular complexity index is 691. The van der Waals surface area contributed by atoms with E-state index in [9.17, 15) is 9.59 Å². The minimum atomic E-state index is -0.182. The minimum Gasteiger partial charge on any atom is -0.494 e. The van der Waals surface area contributed by atoms with Gasteiger partial charge in [-0.1, -0.05) is 18.7 Å². The van der Waals surface area contributed by atoms with Crippen LogP contribution in [0.2, 0.25) is 0 Å². The molecule has 1 aliphatic carbocycles. The average molecular weight is 357 g/mol. The highest BCUT2D eigenvalue weighted by Gasteiger charge is 2.45. The molecular formula is C20H27N3O3. The van der Waals surface area contributed by atoms with Gasteiger partial charge in [0.05, 0.1) is 12.3 Å². The first kappa shape index (κ1) is 19.7. The van der Waals surface area contributed by atoms with E-state index in [1.54, 1.807) is 6.92 Å². The van der Waals surface area contributed by atoms with Crippen molar-refractivity contribution >= 4 is 17.9 Å². The quantitative estimate of drug-likeness (QED) is 0.302. The Morgan fingerprint density at radius 2 is 2.04 bits per heavy atom. The van der Waals surface area contributed by atoms with Gasteiger partial charge in [-0.2, -0.15) is 5.10 Å². The maximum Gasteiger partial charge on any atom is 0.271 e. The summed E-state index contributed by atoms with van der Waals surface area (Å²) in [5.41, 5.74) is 4.04. The van der Waals surface area contributed by atoms with Crippen LogP contribution in [-0.2, 0) is 16.0 Å². The molecule has 0 aliphatic heterocycles. The van der Waals surface area contributed by atoms with Gasteiger partial charge in [0.2, 0.25) is 0 Å². The van der Waals surface area contributed by atoms with Crippen LogP contribution < -0.4 is 10.2 Å². The lowest BCUT2D eigenvalue weighted by atomic mass is 10.1. The van der Waals surface area contributed by atoms with Gasteiger partial charge in [-0.3, -0.25) is 15.0 Å². The summed E-state index contributed by atoms with van der Waals surface area (Å²) in [6, 6.07) is 7.93. The molecule has 0 spiro atoms. The summed E-state index contributed by atoms with van der Waals surface area (Å²) in [6.45, 7) is 10.6. The largest absolute Gasteiger partial charge is 0.494 e. The number of hydrogen-bond donors (Lipinski definition) is 1. The van der Waals surface area contributed by atoms with E-state index >= 15 is 0 Å². The van der Waals surface area contributed by atoms with Crippen molar-refractivity contribution in [3.63, 3.8) is 0 Å². The van der Waals surface area contributed by atoms with Gasteiger partial charge in [0, 0.05) is 12.1 Å². The number of hydrogen-bond acceptors (Lipinski definition) is 5. The third-order valence-corrected chi connectivity index (χ3v) is 4.52. The first-order chi connectivity index (χ1) is 12.4. The number of hydrazone groups is 1. The Balaban J connectivity index is 2.00. The number of benzene rings is 1. The molecule has 1 aliphatic rings. The fourth-order valence-corrected chi connectivity index (χ4v) is 2.62. The van der Waals surface area contributed by atoms with Crippen LogP contribution in [0.3, 0.4) is 0 Å². The molecule has 0 aromatic heterocycles. The second-order valence-corrected chi connectivity index (χ2v) is 6.74. The Hall–Kier alpha value is -2.63. The van der Waals surface area contributed by atoms with Crippen LogP contribution in [0.15, 0.2) is 41.6 Å². The van der Waals surface area contributed by atoms with Crippen LogP contribution in [0, 0.1) is 0 Å². The van der Waals surface area contributed by atoms with Crippen LogP contribution in [0.25, 0.3) is 0 Å². The molecule has 6 heteroatoms. The SMILES string of the molecule is C=C(N/N=C(\C)C=O)C(=O)N(CCc1ccc(OCC)cc1)C1(C)CC1. The molecule has 1 aromatic rings. The second-order valence-electron chi connectivity index (χ2n) is 6.74.